The average Bonchev–Trinajstić information content (AvgIpc) is 2.88. The highest BCUT2D eigenvalue weighted by molar-refractivity contribution is 5.71. The number of rotatable bonds is 4. The fourth-order valence-electron chi connectivity index (χ4n) is 2.90. The van der Waals surface area contributed by atoms with Crippen LogP contribution in [0.15, 0.2) is 48.5 Å². The van der Waals surface area contributed by atoms with Gasteiger partial charge in [0.05, 0.1) is 6.42 Å². The molecule has 0 bridgehead atoms. The van der Waals surface area contributed by atoms with Crippen LogP contribution in [0.2, 0.25) is 0 Å². The summed E-state index contributed by atoms with van der Waals surface area (Å²) in [5, 5.41) is 9.48. The fourth-order valence-corrected chi connectivity index (χ4v) is 2.90. The summed E-state index contributed by atoms with van der Waals surface area (Å²) >= 11 is 0. The molecule has 3 rings (SSSR count). The number of carbonyl (C=O) groups excluding carboxylic acids is 1. The summed E-state index contributed by atoms with van der Waals surface area (Å²) in [4.78, 5) is 12.0. The molecule has 0 spiro atoms. The van der Waals surface area contributed by atoms with Gasteiger partial charge < -0.3 is 9.84 Å². The number of hydrogen-bond acceptors (Lipinski definition) is 3. The van der Waals surface area contributed by atoms with Gasteiger partial charge in [-0.1, -0.05) is 36.4 Å². The molecule has 108 valence electrons. The molecule has 0 radical (unpaired) electrons. The summed E-state index contributed by atoms with van der Waals surface area (Å²) < 4.78 is 5.34. The van der Waals surface area contributed by atoms with Crippen molar-refractivity contribution in [3.63, 3.8) is 0 Å². The van der Waals surface area contributed by atoms with E-state index in [0.717, 1.165) is 24.0 Å². The number of aryl methyl sites for hydroxylation is 1. The number of hydrogen-bond donors (Lipinski definition) is 1. The zero-order valence-corrected chi connectivity index (χ0v) is 11.8. The Bertz CT molecular complexity index is 634. The molecule has 0 heterocycles. The molecule has 1 aliphatic carbocycles. The van der Waals surface area contributed by atoms with Crippen molar-refractivity contribution in [1.29, 1.82) is 0 Å². The lowest BCUT2D eigenvalue weighted by atomic mass is 9.98. The molecule has 2 aromatic carbocycles. The Labute approximate surface area is 124 Å². The molecular formula is C18H18O3. The van der Waals surface area contributed by atoms with Crippen molar-refractivity contribution in [1.82, 2.24) is 0 Å². The Morgan fingerprint density at radius 3 is 2.81 bits per heavy atom. The largest absolute Gasteiger partial charge is 0.508 e. The van der Waals surface area contributed by atoms with Crippen LogP contribution in [0.4, 0.5) is 0 Å². The van der Waals surface area contributed by atoms with E-state index in [2.05, 4.69) is 0 Å². The SMILES string of the molecule is O=C(CC1CCc2cc(O)ccc21)OCc1ccccc1. The third kappa shape index (κ3) is 3.24. The molecular weight excluding hydrogens is 264 g/mol. The van der Waals surface area contributed by atoms with Gasteiger partial charge in [-0.25, -0.2) is 0 Å². The Kier molecular flexibility index (Phi) is 3.91. The minimum Gasteiger partial charge on any atom is -0.508 e. The van der Waals surface area contributed by atoms with E-state index in [1.165, 1.54) is 5.56 Å². The fraction of sp³-hybridized carbons (Fsp3) is 0.278. The highest BCUT2D eigenvalue weighted by Crippen LogP contribution is 2.37. The van der Waals surface area contributed by atoms with Gasteiger partial charge >= 0.3 is 5.97 Å². The van der Waals surface area contributed by atoms with Crippen molar-refractivity contribution in [2.75, 3.05) is 0 Å². The maximum absolute atomic E-state index is 12.0. The van der Waals surface area contributed by atoms with Crippen LogP contribution < -0.4 is 0 Å². The molecule has 1 unspecified atom stereocenters. The first-order chi connectivity index (χ1) is 10.2. The lowest BCUT2D eigenvalue weighted by molar-refractivity contribution is -0.145. The standard InChI is InChI=1S/C18H18O3/c19-16-8-9-17-14(10-16)6-7-15(17)11-18(20)21-12-13-4-2-1-3-5-13/h1-5,8-10,15,19H,6-7,11-12H2. The van der Waals surface area contributed by atoms with Crippen LogP contribution in [-0.4, -0.2) is 11.1 Å². The molecule has 0 fully saturated rings. The highest BCUT2D eigenvalue weighted by Gasteiger charge is 2.25. The maximum Gasteiger partial charge on any atom is 0.306 e. The van der Waals surface area contributed by atoms with E-state index in [-0.39, 0.29) is 11.9 Å². The van der Waals surface area contributed by atoms with E-state index in [0.29, 0.717) is 18.8 Å². The molecule has 0 saturated carbocycles. The van der Waals surface area contributed by atoms with E-state index in [4.69, 9.17) is 4.74 Å². The van der Waals surface area contributed by atoms with E-state index in [1.54, 1.807) is 12.1 Å². The number of fused-ring (bicyclic) bond motifs is 1. The minimum absolute atomic E-state index is 0.162. The molecule has 0 saturated heterocycles. The summed E-state index contributed by atoms with van der Waals surface area (Å²) in [7, 11) is 0. The number of benzene rings is 2. The predicted octanol–water partition coefficient (Wildman–Crippen LogP) is 3.56. The van der Waals surface area contributed by atoms with Crippen molar-refractivity contribution < 1.29 is 14.6 Å². The molecule has 3 heteroatoms. The summed E-state index contributed by atoms with van der Waals surface area (Å²) in [6, 6.07) is 15.1. The molecule has 1 aliphatic rings. The normalized spacial score (nSPS) is 16.5. The number of aromatic hydroxyl groups is 1. The van der Waals surface area contributed by atoms with Crippen LogP contribution in [0.1, 0.15) is 35.4 Å². The van der Waals surface area contributed by atoms with Crippen molar-refractivity contribution >= 4 is 5.97 Å². The molecule has 21 heavy (non-hydrogen) atoms. The minimum atomic E-state index is -0.162. The van der Waals surface area contributed by atoms with Crippen LogP contribution in [-0.2, 0) is 22.6 Å². The van der Waals surface area contributed by atoms with Gasteiger partial charge in [0.2, 0.25) is 0 Å². The monoisotopic (exact) mass is 282 g/mol. The van der Waals surface area contributed by atoms with E-state index in [1.807, 2.05) is 36.4 Å². The smallest absolute Gasteiger partial charge is 0.306 e. The first-order valence-corrected chi connectivity index (χ1v) is 7.24. The molecule has 0 aliphatic heterocycles. The van der Waals surface area contributed by atoms with E-state index < -0.39 is 0 Å². The number of esters is 1. The lowest BCUT2D eigenvalue weighted by Crippen LogP contribution is -2.09. The average molecular weight is 282 g/mol. The van der Waals surface area contributed by atoms with Gasteiger partial charge in [-0.15, -0.1) is 0 Å². The van der Waals surface area contributed by atoms with E-state index in [9.17, 15) is 9.90 Å². The first-order valence-electron chi connectivity index (χ1n) is 7.24. The second-order valence-electron chi connectivity index (χ2n) is 5.47. The van der Waals surface area contributed by atoms with Gasteiger partial charge in [-0.05, 0) is 47.6 Å². The summed E-state index contributed by atoms with van der Waals surface area (Å²) in [5.74, 6) is 0.342. The lowest BCUT2D eigenvalue weighted by Gasteiger charge is -2.11. The van der Waals surface area contributed by atoms with Crippen molar-refractivity contribution in [3.05, 3.63) is 65.2 Å². The second kappa shape index (κ2) is 6.00. The van der Waals surface area contributed by atoms with Crippen molar-refractivity contribution in [2.24, 2.45) is 0 Å². The van der Waals surface area contributed by atoms with Crippen molar-refractivity contribution in [2.45, 2.75) is 31.8 Å². The zero-order valence-electron chi connectivity index (χ0n) is 11.8. The third-order valence-corrected chi connectivity index (χ3v) is 3.98. The Balaban J connectivity index is 1.57. The number of phenols is 1. The van der Waals surface area contributed by atoms with Gasteiger partial charge in [-0.2, -0.15) is 0 Å². The Morgan fingerprint density at radius 2 is 2.00 bits per heavy atom. The van der Waals surface area contributed by atoms with Crippen LogP contribution in [0.25, 0.3) is 0 Å². The third-order valence-electron chi connectivity index (χ3n) is 3.98. The predicted molar refractivity (Wildman–Crippen MR) is 80.0 cm³/mol. The molecule has 1 atom stereocenters. The van der Waals surface area contributed by atoms with Crippen molar-refractivity contribution in [3.8, 4) is 5.75 Å². The number of ether oxygens (including phenoxy) is 1. The maximum atomic E-state index is 12.0. The van der Waals surface area contributed by atoms with Crippen LogP contribution >= 0.6 is 0 Å². The van der Waals surface area contributed by atoms with Crippen LogP contribution in [0.3, 0.4) is 0 Å². The second-order valence-corrected chi connectivity index (χ2v) is 5.47. The summed E-state index contributed by atoms with van der Waals surface area (Å²) in [6.07, 6.45) is 2.27. The quantitative estimate of drug-likeness (QED) is 0.872. The Hall–Kier alpha value is -2.29. The highest BCUT2D eigenvalue weighted by atomic mass is 16.5. The molecule has 1 N–H and O–H groups in total. The number of phenolic OH excluding ortho intramolecular Hbond substituents is 1. The van der Waals surface area contributed by atoms with Gasteiger partial charge in [0.25, 0.3) is 0 Å². The molecule has 0 amide bonds. The zero-order chi connectivity index (χ0) is 14.7. The Morgan fingerprint density at radius 1 is 1.19 bits per heavy atom. The van der Waals surface area contributed by atoms with Crippen LogP contribution in [0, 0.1) is 0 Å². The summed E-state index contributed by atoms with van der Waals surface area (Å²) in [6.45, 7) is 0.328. The van der Waals surface area contributed by atoms with Gasteiger partial charge in [0.1, 0.15) is 12.4 Å². The molecule has 0 aromatic heterocycles. The summed E-state index contributed by atoms with van der Waals surface area (Å²) in [5.41, 5.74) is 3.32. The topological polar surface area (TPSA) is 46.5 Å². The number of carbonyl (C=O) groups is 1. The first kappa shape index (κ1) is 13.7. The van der Waals surface area contributed by atoms with Gasteiger partial charge in [0.15, 0.2) is 0 Å². The molecule has 2 aromatic rings. The van der Waals surface area contributed by atoms with Gasteiger partial charge in [0, 0.05) is 0 Å². The van der Waals surface area contributed by atoms with Gasteiger partial charge in [-0.3, -0.25) is 4.79 Å². The van der Waals surface area contributed by atoms with Crippen LogP contribution in [0.5, 0.6) is 5.75 Å². The van der Waals surface area contributed by atoms with E-state index >= 15 is 0 Å². The molecule has 3 nitrogen and oxygen atoms in total.